The van der Waals surface area contributed by atoms with Gasteiger partial charge < -0.3 is 10.6 Å². The smallest absolute Gasteiger partial charge is 0.315 e. The minimum atomic E-state index is -0.359. The van der Waals surface area contributed by atoms with Crippen LogP contribution in [0.25, 0.3) is 0 Å². The van der Waals surface area contributed by atoms with Crippen molar-refractivity contribution in [2.45, 2.75) is 51.1 Å². The molecule has 1 saturated carbocycles. The molecule has 1 aliphatic carbocycles. The summed E-state index contributed by atoms with van der Waals surface area (Å²) in [5, 5.41) is 5.62. The molecule has 0 heterocycles. The molecule has 3 nitrogen and oxygen atoms in total. The summed E-state index contributed by atoms with van der Waals surface area (Å²) in [6.07, 6.45) is 3.34. The number of carbonyl (C=O) groups is 1. The van der Waals surface area contributed by atoms with Crippen LogP contribution in [0, 0.1) is 0 Å². The fourth-order valence-electron chi connectivity index (χ4n) is 1.76. The van der Waals surface area contributed by atoms with Crippen molar-refractivity contribution < 1.29 is 9.18 Å². The van der Waals surface area contributed by atoms with Gasteiger partial charge in [-0.2, -0.15) is 0 Å². The lowest BCUT2D eigenvalue weighted by Crippen LogP contribution is -2.57. The molecule has 2 amide bonds. The Labute approximate surface area is 84.4 Å². The zero-order valence-electron chi connectivity index (χ0n) is 8.90. The van der Waals surface area contributed by atoms with E-state index >= 15 is 0 Å². The van der Waals surface area contributed by atoms with Crippen molar-refractivity contribution in [2.75, 3.05) is 6.67 Å². The third-order valence-electron chi connectivity index (χ3n) is 2.68. The predicted octanol–water partition coefficient (Wildman–Crippen LogP) is 1.98. The average Bonchev–Trinajstić information content (AvgIpc) is 1.99. The van der Waals surface area contributed by atoms with Gasteiger partial charge in [0.1, 0.15) is 0 Å². The Kier molecular flexibility index (Phi) is 3.72. The fourth-order valence-corrected chi connectivity index (χ4v) is 1.76. The zero-order chi connectivity index (χ0) is 10.6. The van der Waals surface area contributed by atoms with Gasteiger partial charge in [-0.05, 0) is 39.5 Å². The maximum atomic E-state index is 12.3. The van der Waals surface area contributed by atoms with Crippen LogP contribution in [-0.4, -0.2) is 24.3 Å². The van der Waals surface area contributed by atoms with E-state index in [1.807, 2.05) is 13.8 Å². The SMILES string of the molecule is CC(C)NC(=O)NC1(CCF)CCC1. The Morgan fingerprint density at radius 2 is 2.14 bits per heavy atom. The second-order valence-electron chi connectivity index (χ2n) is 4.33. The molecule has 4 heteroatoms. The van der Waals surface area contributed by atoms with Gasteiger partial charge in [0.2, 0.25) is 0 Å². The fraction of sp³-hybridized carbons (Fsp3) is 0.900. The molecule has 0 aliphatic heterocycles. The van der Waals surface area contributed by atoms with Crippen molar-refractivity contribution >= 4 is 6.03 Å². The highest BCUT2D eigenvalue weighted by Crippen LogP contribution is 2.34. The normalized spacial score (nSPS) is 18.9. The summed E-state index contributed by atoms with van der Waals surface area (Å²) in [5.74, 6) is 0. The number of nitrogens with one attached hydrogen (secondary N) is 2. The maximum absolute atomic E-state index is 12.3. The number of alkyl halides is 1. The van der Waals surface area contributed by atoms with Gasteiger partial charge in [0.05, 0.1) is 6.67 Å². The average molecular weight is 202 g/mol. The molecule has 1 fully saturated rings. The van der Waals surface area contributed by atoms with Gasteiger partial charge in [-0.25, -0.2) is 4.79 Å². The second kappa shape index (κ2) is 4.62. The van der Waals surface area contributed by atoms with Crippen molar-refractivity contribution in [3.05, 3.63) is 0 Å². The highest BCUT2D eigenvalue weighted by molar-refractivity contribution is 5.75. The Morgan fingerprint density at radius 1 is 1.50 bits per heavy atom. The quantitative estimate of drug-likeness (QED) is 0.719. The molecule has 0 radical (unpaired) electrons. The van der Waals surface area contributed by atoms with Crippen LogP contribution >= 0.6 is 0 Å². The molecule has 0 aromatic carbocycles. The number of hydrogen-bond donors (Lipinski definition) is 2. The third kappa shape index (κ3) is 2.86. The molecular formula is C10H19FN2O. The van der Waals surface area contributed by atoms with Crippen molar-refractivity contribution in [1.29, 1.82) is 0 Å². The van der Waals surface area contributed by atoms with Crippen molar-refractivity contribution in [1.82, 2.24) is 10.6 Å². The van der Waals surface area contributed by atoms with Gasteiger partial charge in [-0.15, -0.1) is 0 Å². The largest absolute Gasteiger partial charge is 0.336 e. The number of urea groups is 1. The molecule has 0 atom stereocenters. The first kappa shape index (κ1) is 11.3. The molecule has 82 valence electrons. The van der Waals surface area contributed by atoms with E-state index in [4.69, 9.17) is 0 Å². The third-order valence-corrected chi connectivity index (χ3v) is 2.68. The predicted molar refractivity (Wildman–Crippen MR) is 54.0 cm³/mol. The number of amides is 2. The van der Waals surface area contributed by atoms with Crippen LogP contribution in [-0.2, 0) is 0 Å². The van der Waals surface area contributed by atoms with Gasteiger partial charge in [-0.3, -0.25) is 4.39 Å². The number of halogens is 1. The van der Waals surface area contributed by atoms with E-state index in [0.717, 1.165) is 19.3 Å². The lowest BCUT2D eigenvalue weighted by atomic mass is 9.75. The van der Waals surface area contributed by atoms with Crippen molar-refractivity contribution in [3.63, 3.8) is 0 Å². The topological polar surface area (TPSA) is 41.1 Å². The van der Waals surface area contributed by atoms with Gasteiger partial charge in [0.15, 0.2) is 0 Å². The summed E-state index contributed by atoms with van der Waals surface area (Å²) in [6.45, 7) is 3.45. The monoisotopic (exact) mass is 202 g/mol. The first-order chi connectivity index (χ1) is 6.58. The van der Waals surface area contributed by atoms with Gasteiger partial charge in [-0.1, -0.05) is 0 Å². The first-order valence-corrected chi connectivity index (χ1v) is 5.23. The van der Waals surface area contributed by atoms with Crippen LogP contribution in [0.4, 0.5) is 9.18 Å². The van der Waals surface area contributed by atoms with Gasteiger partial charge in [0.25, 0.3) is 0 Å². The molecule has 1 rings (SSSR count). The molecule has 1 aliphatic rings. The molecule has 0 saturated heterocycles. The maximum Gasteiger partial charge on any atom is 0.315 e. The molecule has 0 unspecified atom stereocenters. The minimum Gasteiger partial charge on any atom is -0.336 e. The molecule has 2 N–H and O–H groups in total. The van der Waals surface area contributed by atoms with E-state index in [9.17, 15) is 9.18 Å². The van der Waals surface area contributed by atoms with E-state index in [0.29, 0.717) is 6.42 Å². The van der Waals surface area contributed by atoms with E-state index in [1.165, 1.54) is 0 Å². The standard InChI is InChI=1S/C10H19FN2O/c1-8(2)12-9(14)13-10(6-7-11)4-3-5-10/h8H,3-7H2,1-2H3,(H2,12,13,14). The lowest BCUT2D eigenvalue weighted by Gasteiger charge is -2.42. The summed E-state index contributed by atoms with van der Waals surface area (Å²) in [4.78, 5) is 11.4. The molecule has 0 aromatic heterocycles. The van der Waals surface area contributed by atoms with Gasteiger partial charge in [0, 0.05) is 11.6 Å². The molecule has 0 bridgehead atoms. The van der Waals surface area contributed by atoms with E-state index < -0.39 is 0 Å². The van der Waals surface area contributed by atoms with E-state index in [1.54, 1.807) is 0 Å². The van der Waals surface area contributed by atoms with E-state index in [-0.39, 0.29) is 24.3 Å². The van der Waals surface area contributed by atoms with E-state index in [2.05, 4.69) is 10.6 Å². The minimum absolute atomic E-state index is 0.123. The lowest BCUT2D eigenvalue weighted by molar-refractivity contribution is 0.156. The van der Waals surface area contributed by atoms with Crippen LogP contribution in [0.15, 0.2) is 0 Å². The van der Waals surface area contributed by atoms with Gasteiger partial charge >= 0.3 is 6.03 Å². The molecule has 0 aromatic rings. The summed E-state index contributed by atoms with van der Waals surface area (Å²) >= 11 is 0. The van der Waals surface area contributed by atoms with Crippen LogP contribution in [0.1, 0.15) is 39.5 Å². The van der Waals surface area contributed by atoms with Crippen LogP contribution in [0.5, 0.6) is 0 Å². The zero-order valence-corrected chi connectivity index (χ0v) is 8.90. The molecular weight excluding hydrogens is 183 g/mol. The Balaban J connectivity index is 2.36. The highest BCUT2D eigenvalue weighted by Gasteiger charge is 2.37. The second-order valence-corrected chi connectivity index (χ2v) is 4.33. The Hall–Kier alpha value is -0.800. The Bertz CT molecular complexity index is 202. The number of rotatable bonds is 4. The van der Waals surface area contributed by atoms with Crippen LogP contribution in [0.3, 0.4) is 0 Å². The highest BCUT2D eigenvalue weighted by atomic mass is 19.1. The molecule has 0 spiro atoms. The first-order valence-electron chi connectivity index (χ1n) is 5.23. The number of carbonyl (C=O) groups excluding carboxylic acids is 1. The van der Waals surface area contributed by atoms with Crippen LogP contribution < -0.4 is 10.6 Å². The van der Waals surface area contributed by atoms with Crippen molar-refractivity contribution in [2.24, 2.45) is 0 Å². The summed E-state index contributed by atoms with van der Waals surface area (Å²) in [7, 11) is 0. The summed E-state index contributed by atoms with van der Waals surface area (Å²) < 4.78 is 12.3. The summed E-state index contributed by atoms with van der Waals surface area (Å²) in [5.41, 5.74) is -0.256. The number of hydrogen-bond acceptors (Lipinski definition) is 1. The Morgan fingerprint density at radius 3 is 2.50 bits per heavy atom. The molecule has 14 heavy (non-hydrogen) atoms. The van der Waals surface area contributed by atoms with Crippen LogP contribution in [0.2, 0.25) is 0 Å². The summed E-state index contributed by atoms with van der Waals surface area (Å²) in [6, 6.07) is -0.0503. The van der Waals surface area contributed by atoms with Crippen molar-refractivity contribution in [3.8, 4) is 0 Å².